The number of amides is 2. The van der Waals surface area contributed by atoms with Crippen LogP contribution in [0.4, 0.5) is 11.4 Å². The first-order valence-electron chi connectivity index (χ1n) is 20.0. The Kier molecular flexibility index (Phi) is 11.4. The number of anilines is 2. The van der Waals surface area contributed by atoms with Gasteiger partial charge in [0, 0.05) is 39.9 Å². The molecule has 1 saturated heterocycles. The van der Waals surface area contributed by atoms with Crippen molar-refractivity contribution in [2.24, 2.45) is 5.92 Å². The summed E-state index contributed by atoms with van der Waals surface area (Å²) in [5.41, 5.74) is 4.36. The summed E-state index contributed by atoms with van der Waals surface area (Å²) in [4.78, 5) is 30.0. The highest BCUT2D eigenvalue weighted by Crippen LogP contribution is 2.60. The number of rotatable bonds is 13. The van der Waals surface area contributed by atoms with Crippen molar-refractivity contribution in [3.63, 3.8) is 0 Å². The predicted molar refractivity (Wildman–Crippen MR) is 236 cm³/mol. The number of ether oxygens (including phenoxy) is 2. The van der Waals surface area contributed by atoms with Crippen molar-refractivity contribution in [3.05, 3.63) is 166 Å². The van der Waals surface area contributed by atoms with E-state index >= 15 is 4.79 Å². The minimum atomic E-state index is -2.38. The van der Waals surface area contributed by atoms with Gasteiger partial charge in [-0.05, 0) is 77.7 Å². The van der Waals surface area contributed by atoms with Crippen molar-refractivity contribution in [3.8, 4) is 5.75 Å². The van der Waals surface area contributed by atoms with Crippen LogP contribution in [0, 0.1) is 5.92 Å². The maximum absolute atomic E-state index is 15.3. The number of aromatic nitrogens is 3. The Bertz CT molecular complexity index is 2430. The number of aliphatic hydroxyl groups excluding tert-OH is 1. The smallest absolute Gasteiger partial charge is 0.264 e. The number of hydrogen-bond acceptors (Lipinski definition) is 7. The Morgan fingerprint density at radius 3 is 2.34 bits per heavy atom. The number of methoxy groups -OCH3 is 1. The van der Waals surface area contributed by atoms with Gasteiger partial charge in [-0.25, -0.2) is 0 Å². The third kappa shape index (κ3) is 7.66. The molecule has 0 bridgehead atoms. The molecule has 12 heteroatoms. The molecule has 0 radical (unpaired) electrons. The van der Waals surface area contributed by atoms with Gasteiger partial charge in [0.1, 0.15) is 5.75 Å². The van der Waals surface area contributed by atoms with Crippen LogP contribution >= 0.6 is 15.9 Å². The van der Waals surface area contributed by atoms with E-state index in [4.69, 9.17) is 9.47 Å². The van der Waals surface area contributed by atoms with Crippen molar-refractivity contribution < 1.29 is 24.2 Å². The van der Waals surface area contributed by atoms with Crippen molar-refractivity contribution in [2.45, 2.75) is 62.7 Å². The van der Waals surface area contributed by atoms with Gasteiger partial charge in [-0.2, -0.15) is 0 Å². The Balaban J connectivity index is 1.10. The number of benzene rings is 5. The molecule has 0 saturated carbocycles. The van der Waals surface area contributed by atoms with Gasteiger partial charge in [-0.15, -0.1) is 5.10 Å². The molecular weight excluding hydrogens is 823 g/mol. The normalized spacial score (nSPS) is 20.5. The fourth-order valence-electron chi connectivity index (χ4n) is 9.28. The van der Waals surface area contributed by atoms with Crippen LogP contribution in [0.3, 0.4) is 0 Å². The monoisotopic (exact) mass is 869 g/mol. The molecule has 1 spiro atoms. The fourth-order valence-corrected chi connectivity index (χ4v) is 13.7. The molecule has 302 valence electrons. The number of carbonyl (C=O) groups is 2. The van der Waals surface area contributed by atoms with E-state index in [0.717, 1.165) is 32.6 Å². The second kappa shape index (κ2) is 16.7. The molecule has 5 aromatic carbocycles. The molecule has 3 heterocycles. The number of halogens is 1. The van der Waals surface area contributed by atoms with Gasteiger partial charge in [0.15, 0.2) is 5.60 Å². The van der Waals surface area contributed by atoms with Gasteiger partial charge in [0.25, 0.3) is 11.8 Å². The molecule has 5 atom stereocenters. The van der Waals surface area contributed by atoms with Crippen LogP contribution in [0.1, 0.15) is 52.0 Å². The van der Waals surface area contributed by atoms with E-state index in [1.165, 1.54) is 5.19 Å². The summed E-state index contributed by atoms with van der Waals surface area (Å²) in [5, 5.41) is 23.5. The SMILES string of the molecule is COc1ccc([Si](C)(C)[C@@H]2[C@@H](CCn3cc(C(CO)c4ccccc4)nn3)O[C@]3(C(=O)N(Cc4ccc(NC(=O)c5ccccc5)cc4)c4ccc(Br)cc43)[C@H]2C)cc1. The summed E-state index contributed by atoms with van der Waals surface area (Å²) >= 11 is 3.72. The number of aryl methyl sites for hydroxylation is 1. The van der Waals surface area contributed by atoms with E-state index in [1.807, 2.05) is 113 Å². The molecule has 1 unspecified atom stereocenters. The summed E-state index contributed by atoms with van der Waals surface area (Å²) in [5.74, 6) is 0.0705. The summed E-state index contributed by atoms with van der Waals surface area (Å²) in [7, 11) is -0.709. The van der Waals surface area contributed by atoms with Crippen LogP contribution < -0.4 is 20.1 Å². The second-order valence-corrected chi connectivity index (χ2v) is 21.7. The van der Waals surface area contributed by atoms with Crippen LogP contribution in [0.2, 0.25) is 18.6 Å². The first-order valence-corrected chi connectivity index (χ1v) is 23.9. The molecule has 6 aromatic rings. The number of fused-ring (bicyclic) bond motifs is 2. The van der Waals surface area contributed by atoms with E-state index in [0.29, 0.717) is 36.5 Å². The van der Waals surface area contributed by atoms with Gasteiger partial charge in [-0.3, -0.25) is 14.3 Å². The zero-order chi connectivity index (χ0) is 41.3. The second-order valence-electron chi connectivity index (χ2n) is 16.1. The quantitative estimate of drug-likeness (QED) is 0.112. The zero-order valence-electron chi connectivity index (χ0n) is 33.6. The van der Waals surface area contributed by atoms with E-state index < -0.39 is 13.7 Å². The van der Waals surface area contributed by atoms with E-state index in [2.05, 4.69) is 69.8 Å². The maximum atomic E-state index is 15.3. The molecule has 8 rings (SSSR count). The Morgan fingerprint density at radius 1 is 0.966 bits per heavy atom. The molecule has 1 fully saturated rings. The van der Waals surface area contributed by atoms with Crippen LogP contribution in [0.15, 0.2) is 138 Å². The predicted octanol–water partition coefficient (Wildman–Crippen LogP) is 8.28. The van der Waals surface area contributed by atoms with Crippen LogP contribution in [-0.2, 0) is 28.2 Å². The van der Waals surface area contributed by atoms with E-state index in [1.54, 1.807) is 19.2 Å². The lowest BCUT2D eigenvalue weighted by Crippen LogP contribution is -2.51. The van der Waals surface area contributed by atoms with Gasteiger partial charge >= 0.3 is 0 Å². The van der Waals surface area contributed by atoms with Crippen LogP contribution in [-0.4, -0.2) is 59.8 Å². The molecule has 1 aromatic heterocycles. The van der Waals surface area contributed by atoms with Crippen molar-refractivity contribution >= 4 is 52.4 Å². The van der Waals surface area contributed by atoms with Crippen molar-refractivity contribution in [1.29, 1.82) is 0 Å². The number of aliphatic hydroxyl groups is 1. The summed E-state index contributed by atoms with van der Waals surface area (Å²) in [6.07, 6.45) is 2.23. The Hall–Kier alpha value is -5.40. The largest absolute Gasteiger partial charge is 0.497 e. The summed E-state index contributed by atoms with van der Waals surface area (Å²) < 4.78 is 15.6. The standard InChI is InChI=1S/C47H48BrN5O5Si/c1-31-44(59(3,4)38-22-20-37(57-2)21-23-38)43(25-26-52-29-41(50-51-52)39(30-54)33-11-7-5-8-12-33)58-47(31)40-27-35(48)17-24-42(40)53(46(47)56)28-32-15-18-36(19-16-32)49-45(55)34-13-9-6-10-14-34/h5-24,27,29,31,39,43-44,54H,25-26,28,30H2,1-4H3,(H,49,55)/t31-,39?,43+,44-,47+/m0/s1. The van der Waals surface area contributed by atoms with E-state index in [-0.39, 0.29) is 41.9 Å². The molecule has 2 N–H and O–H groups in total. The lowest BCUT2D eigenvalue weighted by atomic mass is 9.82. The first-order chi connectivity index (χ1) is 28.5. The Labute approximate surface area is 354 Å². The molecule has 2 amide bonds. The summed E-state index contributed by atoms with van der Waals surface area (Å²) in [6, 6.07) is 41.0. The highest BCUT2D eigenvalue weighted by atomic mass is 79.9. The highest BCUT2D eigenvalue weighted by molar-refractivity contribution is 9.10. The van der Waals surface area contributed by atoms with Crippen LogP contribution in [0.25, 0.3) is 0 Å². The number of hydrogen-bond donors (Lipinski definition) is 2. The Morgan fingerprint density at radius 2 is 1.66 bits per heavy atom. The average molecular weight is 871 g/mol. The molecule has 0 aliphatic carbocycles. The molecule has 10 nitrogen and oxygen atoms in total. The number of nitrogens with one attached hydrogen (secondary N) is 1. The third-order valence-corrected chi connectivity index (χ3v) is 17.2. The minimum absolute atomic E-state index is 0.0386. The maximum Gasteiger partial charge on any atom is 0.264 e. The van der Waals surface area contributed by atoms with Gasteiger partial charge in [0.05, 0.1) is 51.7 Å². The minimum Gasteiger partial charge on any atom is -0.497 e. The first kappa shape index (κ1) is 40.4. The topological polar surface area (TPSA) is 119 Å². The average Bonchev–Trinajstić information content (AvgIpc) is 3.91. The lowest BCUT2D eigenvalue weighted by Gasteiger charge is -2.37. The molecular formula is C47H48BrN5O5Si. The van der Waals surface area contributed by atoms with Gasteiger partial charge < -0.3 is 24.8 Å². The molecule has 2 aliphatic heterocycles. The van der Waals surface area contributed by atoms with Crippen molar-refractivity contribution in [1.82, 2.24) is 15.0 Å². The lowest BCUT2D eigenvalue weighted by molar-refractivity contribution is -0.146. The number of carbonyl (C=O) groups excluding carboxylic acids is 2. The van der Waals surface area contributed by atoms with E-state index in [9.17, 15) is 9.90 Å². The van der Waals surface area contributed by atoms with Crippen molar-refractivity contribution in [2.75, 3.05) is 23.9 Å². The molecule has 59 heavy (non-hydrogen) atoms. The van der Waals surface area contributed by atoms with Gasteiger partial charge in [-0.1, -0.05) is 119 Å². The zero-order valence-corrected chi connectivity index (χ0v) is 36.2. The summed E-state index contributed by atoms with van der Waals surface area (Å²) in [6.45, 7) is 7.72. The molecule has 2 aliphatic rings. The third-order valence-electron chi connectivity index (χ3n) is 12.3. The number of nitrogens with zero attached hydrogens (tertiary/aromatic N) is 4. The fraction of sp³-hybridized carbons (Fsp3) is 0.277. The van der Waals surface area contributed by atoms with Gasteiger partial charge in [0.2, 0.25) is 0 Å². The highest BCUT2D eigenvalue weighted by Gasteiger charge is 2.66. The van der Waals surface area contributed by atoms with Crippen LogP contribution in [0.5, 0.6) is 5.75 Å².